The fraction of sp³-hybridized carbons (Fsp3) is 0.381. The average molecular weight is 498 g/mol. The molecule has 1 N–H and O–H groups in total. The van der Waals surface area contributed by atoms with Crippen LogP contribution in [0, 0.1) is 0 Å². The summed E-state index contributed by atoms with van der Waals surface area (Å²) < 4.78 is 63.5. The predicted molar refractivity (Wildman–Crippen MR) is 125 cm³/mol. The maximum atomic E-state index is 12.9. The van der Waals surface area contributed by atoms with Crippen LogP contribution in [0.5, 0.6) is 11.5 Å². The smallest absolute Gasteiger partial charge is 0.245 e. The molecule has 0 atom stereocenters. The van der Waals surface area contributed by atoms with Crippen LogP contribution >= 0.6 is 0 Å². The van der Waals surface area contributed by atoms with Crippen LogP contribution in [0.3, 0.4) is 0 Å². The van der Waals surface area contributed by atoms with E-state index in [-0.39, 0.29) is 27.8 Å². The van der Waals surface area contributed by atoms with Crippen molar-refractivity contribution < 1.29 is 31.1 Å². The largest absolute Gasteiger partial charge is 0.495 e. The molecule has 0 spiro atoms. The number of nitrogens with one attached hydrogen (secondary N) is 1. The van der Waals surface area contributed by atoms with Crippen LogP contribution in [-0.4, -0.2) is 67.2 Å². The lowest BCUT2D eigenvalue weighted by atomic mass is 10.2. The number of hydrogen-bond donors (Lipinski definition) is 1. The number of benzene rings is 2. The lowest BCUT2D eigenvalue weighted by molar-refractivity contribution is -0.114. The van der Waals surface area contributed by atoms with Crippen molar-refractivity contribution in [3.8, 4) is 11.5 Å². The van der Waals surface area contributed by atoms with E-state index in [0.717, 1.165) is 23.4 Å². The molecule has 0 bridgehead atoms. The number of carbonyl (C=O) groups excluding carboxylic acids is 1. The summed E-state index contributed by atoms with van der Waals surface area (Å²) in [6, 6.07) is 10.6. The van der Waals surface area contributed by atoms with Gasteiger partial charge in [-0.1, -0.05) is 12.1 Å². The van der Waals surface area contributed by atoms with Crippen molar-refractivity contribution in [2.75, 3.05) is 49.7 Å². The van der Waals surface area contributed by atoms with Gasteiger partial charge in [-0.25, -0.2) is 16.8 Å². The van der Waals surface area contributed by atoms with Crippen LogP contribution in [0.25, 0.3) is 0 Å². The van der Waals surface area contributed by atoms with Crippen LogP contribution in [-0.2, 0) is 24.8 Å². The minimum Gasteiger partial charge on any atom is -0.495 e. The van der Waals surface area contributed by atoms with E-state index in [1.807, 2.05) is 0 Å². The fourth-order valence-electron chi connectivity index (χ4n) is 3.56. The molecule has 12 heteroatoms. The molecule has 180 valence electrons. The topological polar surface area (TPSA) is 122 Å². The summed E-state index contributed by atoms with van der Waals surface area (Å²) in [7, 11) is -4.77. The van der Waals surface area contributed by atoms with E-state index in [1.165, 1.54) is 42.8 Å². The Morgan fingerprint density at radius 2 is 1.64 bits per heavy atom. The molecule has 2 aromatic carbocycles. The summed E-state index contributed by atoms with van der Waals surface area (Å²) in [6.45, 7) is 0.335. The zero-order chi connectivity index (χ0) is 24.2. The highest BCUT2D eigenvalue weighted by Gasteiger charge is 2.29. The van der Waals surface area contributed by atoms with E-state index in [2.05, 4.69) is 5.32 Å². The first-order valence-corrected chi connectivity index (χ1v) is 13.5. The Hall–Kier alpha value is -2.83. The highest BCUT2D eigenvalue weighted by Crippen LogP contribution is 2.32. The van der Waals surface area contributed by atoms with Gasteiger partial charge in [0.25, 0.3) is 0 Å². The van der Waals surface area contributed by atoms with Crippen LogP contribution in [0.15, 0.2) is 47.4 Å². The van der Waals surface area contributed by atoms with Gasteiger partial charge in [-0.15, -0.1) is 0 Å². The first-order valence-electron chi connectivity index (χ1n) is 10.2. The Bertz CT molecular complexity index is 1220. The van der Waals surface area contributed by atoms with E-state index in [4.69, 9.17) is 9.47 Å². The predicted octanol–water partition coefficient (Wildman–Crippen LogP) is 1.89. The molecule has 3 rings (SSSR count). The first-order chi connectivity index (χ1) is 15.6. The molecular weight excluding hydrogens is 470 g/mol. The van der Waals surface area contributed by atoms with Crippen LogP contribution in [0.2, 0.25) is 0 Å². The highest BCUT2D eigenvalue weighted by atomic mass is 32.2. The van der Waals surface area contributed by atoms with E-state index < -0.39 is 32.5 Å². The van der Waals surface area contributed by atoms with Crippen molar-refractivity contribution in [3.63, 3.8) is 0 Å². The third-order valence-corrected chi connectivity index (χ3v) is 8.21. The van der Waals surface area contributed by atoms with E-state index in [9.17, 15) is 21.6 Å². The zero-order valence-corrected chi connectivity index (χ0v) is 20.3. The van der Waals surface area contributed by atoms with Crippen molar-refractivity contribution in [1.29, 1.82) is 0 Å². The number of nitrogens with zero attached hydrogens (tertiary/aromatic N) is 2. The molecule has 0 aromatic heterocycles. The molecule has 10 nitrogen and oxygen atoms in total. The highest BCUT2D eigenvalue weighted by molar-refractivity contribution is 7.92. The lowest BCUT2D eigenvalue weighted by Crippen LogP contribution is -2.37. The number of anilines is 2. The van der Waals surface area contributed by atoms with Gasteiger partial charge in [-0.2, -0.15) is 4.31 Å². The number of ether oxygens (including phenoxy) is 2. The quantitative estimate of drug-likeness (QED) is 0.561. The number of carbonyl (C=O) groups is 1. The summed E-state index contributed by atoms with van der Waals surface area (Å²) in [5.74, 6) is -0.153. The number of amides is 1. The Balaban J connectivity index is 1.89. The summed E-state index contributed by atoms with van der Waals surface area (Å²) >= 11 is 0. The Morgan fingerprint density at radius 3 is 2.24 bits per heavy atom. The van der Waals surface area contributed by atoms with Gasteiger partial charge in [0.2, 0.25) is 26.0 Å². The Morgan fingerprint density at radius 1 is 1.00 bits per heavy atom. The molecule has 1 aliphatic rings. The van der Waals surface area contributed by atoms with Gasteiger partial charge in [0.1, 0.15) is 18.0 Å². The van der Waals surface area contributed by atoms with Crippen LogP contribution < -0.4 is 19.1 Å². The summed E-state index contributed by atoms with van der Waals surface area (Å²) in [4.78, 5) is 12.9. The molecule has 0 aliphatic carbocycles. The number of sulfonamides is 2. The molecule has 1 aliphatic heterocycles. The third-order valence-electron chi connectivity index (χ3n) is 5.19. The normalized spacial score (nSPS) is 14.6. The zero-order valence-electron chi connectivity index (χ0n) is 18.6. The minimum atomic E-state index is -3.84. The third kappa shape index (κ3) is 5.57. The number of hydrogen-bond acceptors (Lipinski definition) is 7. The fourth-order valence-corrected chi connectivity index (χ4v) is 5.96. The molecule has 2 aromatic rings. The van der Waals surface area contributed by atoms with Crippen LogP contribution in [0.4, 0.5) is 11.4 Å². The van der Waals surface area contributed by atoms with Crippen LogP contribution in [0.1, 0.15) is 12.8 Å². The maximum absolute atomic E-state index is 12.9. The van der Waals surface area contributed by atoms with Crippen molar-refractivity contribution in [3.05, 3.63) is 42.5 Å². The van der Waals surface area contributed by atoms with Crippen molar-refractivity contribution in [1.82, 2.24) is 4.31 Å². The molecule has 1 heterocycles. The van der Waals surface area contributed by atoms with Gasteiger partial charge in [0.15, 0.2) is 0 Å². The second-order valence-corrected chi connectivity index (χ2v) is 11.3. The number of para-hydroxylation sites is 2. The second-order valence-electron chi connectivity index (χ2n) is 7.46. The van der Waals surface area contributed by atoms with Gasteiger partial charge in [0, 0.05) is 13.1 Å². The maximum Gasteiger partial charge on any atom is 0.245 e. The molecule has 0 saturated carbocycles. The summed E-state index contributed by atoms with van der Waals surface area (Å²) in [6.07, 6.45) is 2.57. The van der Waals surface area contributed by atoms with Gasteiger partial charge < -0.3 is 14.8 Å². The summed E-state index contributed by atoms with van der Waals surface area (Å²) in [5, 5.41) is 2.58. The van der Waals surface area contributed by atoms with Gasteiger partial charge in [0.05, 0.1) is 36.7 Å². The van der Waals surface area contributed by atoms with Crippen molar-refractivity contribution >= 4 is 37.3 Å². The lowest BCUT2D eigenvalue weighted by Gasteiger charge is -2.24. The van der Waals surface area contributed by atoms with E-state index >= 15 is 0 Å². The molecule has 1 saturated heterocycles. The van der Waals surface area contributed by atoms with E-state index in [1.54, 1.807) is 18.2 Å². The van der Waals surface area contributed by atoms with Gasteiger partial charge >= 0.3 is 0 Å². The average Bonchev–Trinajstić information content (AvgIpc) is 3.32. The summed E-state index contributed by atoms with van der Waals surface area (Å²) in [5.41, 5.74) is 0.325. The first kappa shape index (κ1) is 24.8. The standard InChI is InChI=1S/C21H27N3O7S2/c1-30-19-11-10-16(33(28,29)23-12-6-7-13-23)14-17(19)22-21(25)15-24(32(3,26)27)18-8-4-5-9-20(18)31-2/h4-5,8-11,14H,6-7,12-13,15H2,1-3H3,(H,22,25). The SMILES string of the molecule is COc1ccc(S(=O)(=O)N2CCCC2)cc1NC(=O)CN(c1ccccc1OC)S(C)(=O)=O. The van der Waals surface area contributed by atoms with Crippen molar-refractivity contribution in [2.24, 2.45) is 0 Å². The number of rotatable bonds is 9. The van der Waals surface area contributed by atoms with Gasteiger partial charge in [-0.3, -0.25) is 9.10 Å². The minimum absolute atomic E-state index is 0.0187. The number of methoxy groups -OCH3 is 2. The van der Waals surface area contributed by atoms with E-state index in [0.29, 0.717) is 13.1 Å². The molecular formula is C21H27N3O7S2. The molecule has 1 amide bonds. The van der Waals surface area contributed by atoms with Crippen molar-refractivity contribution in [2.45, 2.75) is 17.7 Å². The Kier molecular flexibility index (Phi) is 7.50. The second kappa shape index (κ2) is 9.98. The van der Waals surface area contributed by atoms with Gasteiger partial charge in [-0.05, 0) is 43.2 Å². The molecule has 33 heavy (non-hydrogen) atoms. The Labute approximate surface area is 194 Å². The molecule has 0 unspecified atom stereocenters. The monoisotopic (exact) mass is 497 g/mol. The molecule has 1 fully saturated rings. The molecule has 0 radical (unpaired) electrons.